The molecule has 1 rings (SSSR count). The molecule has 78 valence electrons. The van der Waals surface area contributed by atoms with Crippen molar-refractivity contribution >= 4 is 0 Å². The summed E-state index contributed by atoms with van der Waals surface area (Å²) in [6, 6.07) is 0. The van der Waals surface area contributed by atoms with Crippen molar-refractivity contribution in [2.45, 2.75) is 65.9 Å². The molecule has 1 aliphatic carbocycles. The summed E-state index contributed by atoms with van der Waals surface area (Å²) in [5.41, 5.74) is 0.211. The van der Waals surface area contributed by atoms with Gasteiger partial charge in [0.05, 0.1) is 6.10 Å². The topological polar surface area (TPSA) is 20.2 Å². The summed E-state index contributed by atoms with van der Waals surface area (Å²) in [5, 5.41) is 10.3. The molecule has 0 radical (unpaired) electrons. The quantitative estimate of drug-likeness (QED) is 0.662. The second-order valence-electron chi connectivity index (χ2n) is 5.98. The molecule has 0 aromatic carbocycles. The Kier molecular flexibility index (Phi) is 3.06. The Morgan fingerprint density at radius 1 is 1.08 bits per heavy atom. The predicted molar refractivity (Wildman–Crippen MR) is 56.7 cm³/mol. The fraction of sp³-hybridized carbons (Fsp3) is 1.00. The molecule has 1 atom stereocenters. The molecule has 1 aliphatic rings. The Balaban J connectivity index is 2.67. The molecular weight excluding hydrogens is 160 g/mol. The number of hydrogen-bond acceptors (Lipinski definition) is 1. The first-order valence-corrected chi connectivity index (χ1v) is 5.54. The van der Waals surface area contributed by atoms with Gasteiger partial charge in [-0.1, -0.05) is 47.0 Å². The fourth-order valence-corrected chi connectivity index (χ4v) is 2.68. The lowest BCUT2D eigenvalue weighted by Crippen LogP contribution is -2.42. The number of rotatable bonds is 1. The Labute approximate surface area is 82.5 Å². The fourth-order valence-electron chi connectivity index (χ4n) is 2.68. The van der Waals surface area contributed by atoms with Crippen LogP contribution in [0.1, 0.15) is 59.8 Å². The molecular formula is C12H24O. The first-order chi connectivity index (χ1) is 5.86. The third-order valence-electron chi connectivity index (χ3n) is 3.48. The summed E-state index contributed by atoms with van der Waals surface area (Å²) in [5.74, 6) is 0. The highest BCUT2D eigenvalue weighted by Crippen LogP contribution is 2.44. The van der Waals surface area contributed by atoms with Crippen molar-refractivity contribution in [3.05, 3.63) is 0 Å². The van der Waals surface area contributed by atoms with Crippen LogP contribution in [-0.4, -0.2) is 11.2 Å². The SMILES string of the molecule is CC(C)(C)C(O)C1(C)CCCCC1. The van der Waals surface area contributed by atoms with Crippen molar-refractivity contribution in [2.24, 2.45) is 10.8 Å². The largest absolute Gasteiger partial charge is 0.392 e. The van der Waals surface area contributed by atoms with Crippen LogP contribution < -0.4 is 0 Å². The van der Waals surface area contributed by atoms with Crippen LogP contribution in [0, 0.1) is 10.8 Å². The van der Waals surface area contributed by atoms with Crippen LogP contribution in [-0.2, 0) is 0 Å². The van der Waals surface area contributed by atoms with E-state index in [9.17, 15) is 5.11 Å². The van der Waals surface area contributed by atoms with Crippen molar-refractivity contribution in [3.63, 3.8) is 0 Å². The van der Waals surface area contributed by atoms with Crippen molar-refractivity contribution < 1.29 is 5.11 Å². The molecule has 1 N–H and O–H groups in total. The third kappa shape index (κ3) is 2.46. The molecule has 1 heteroatoms. The lowest BCUT2D eigenvalue weighted by Gasteiger charge is -2.44. The second kappa shape index (κ2) is 3.61. The maximum Gasteiger partial charge on any atom is 0.0641 e. The molecule has 1 saturated carbocycles. The van der Waals surface area contributed by atoms with Crippen LogP contribution in [0.25, 0.3) is 0 Å². The third-order valence-corrected chi connectivity index (χ3v) is 3.48. The Hall–Kier alpha value is -0.0400. The molecule has 0 bridgehead atoms. The summed E-state index contributed by atoms with van der Waals surface area (Å²) < 4.78 is 0. The van der Waals surface area contributed by atoms with Crippen molar-refractivity contribution in [3.8, 4) is 0 Å². The highest BCUT2D eigenvalue weighted by Gasteiger charge is 2.40. The van der Waals surface area contributed by atoms with Gasteiger partial charge in [-0.15, -0.1) is 0 Å². The Morgan fingerprint density at radius 2 is 1.54 bits per heavy atom. The van der Waals surface area contributed by atoms with Crippen LogP contribution in [0.3, 0.4) is 0 Å². The molecule has 1 fully saturated rings. The van der Waals surface area contributed by atoms with E-state index in [0.29, 0.717) is 0 Å². The summed E-state index contributed by atoms with van der Waals surface area (Å²) in [7, 11) is 0. The zero-order valence-electron chi connectivity index (χ0n) is 9.56. The zero-order valence-corrected chi connectivity index (χ0v) is 9.56. The van der Waals surface area contributed by atoms with E-state index in [1.54, 1.807) is 0 Å². The van der Waals surface area contributed by atoms with Crippen LogP contribution >= 0.6 is 0 Å². The van der Waals surface area contributed by atoms with Gasteiger partial charge in [0.2, 0.25) is 0 Å². The lowest BCUT2D eigenvalue weighted by molar-refractivity contribution is -0.0594. The minimum absolute atomic E-state index is 0.0338. The van der Waals surface area contributed by atoms with Crippen LogP contribution in [0.4, 0.5) is 0 Å². The minimum Gasteiger partial charge on any atom is -0.392 e. The van der Waals surface area contributed by atoms with E-state index in [4.69, 9.17) is 0 Å². The van der Waals surface area contributed by atoms with E-state index in [1.807, 2.05) is 0 Å². The average Bonchev–Trinajstić information content (AvgIpc) is 2.03. The van der Waals surface area contributed by atoms with Gasteiger partial charge in [0, 0.05) is 0 Å². The molecule has 0 saturated heterocycles. The van der Waals surface area contributed by atoms with Crippen molar-refractivity contribution in [1.82, 2.24) is 0 Å². The average molecular weight is 184 g/mol. The van der Waals surface area contributed by atoms with Gasteiger partial charge in [0.15, 0.2) is 0 Å². The van der Waals surface area contributed by atoms with E-state index in [-0.39, 0.29) is 16.9 Å². The van der Waals surface area contributed by atoms with Crippen molar-refractivity contribution in [1.29, 1.82) is 0 Å². The first kappa shape index (κ1) is 11.0. The first-order valence-electron chi connectivity index (χ1n) is 5.54. The second-order valence-corrected chi connectivity index (χ2v) is 5.98. The van der Waals surface area contributed by atoms with Crippen LogP contribution in [0.5, 0.6) is 0 Å². The highest BCUT2D eigenvalue weighted by molar-refractivity contribution is 4.91. The normalized spacial score (nSPS) is 25.6. The molecule has 1 unspecified atom stereocenters. The van der Waals surface area contributed by atoms with Gasteiger partial charge >= 0.3 is 0 Å². The molecule has 0 heterocycles. The maximum atomic E-state index is 10.3. The van der Waals surface area contributed by atoms with Gasteiger partial charge in [-0.25, -0.2) is 0 Å². The molecule has 0 aliphatic heterocycles. The van der Waals surface area contributed by atoms with Gasteiger partial charge in [0.1, 0.15) is 0 Å². The number of aliphatic hydroxyl groups is 1. The number of aliphatic hydroxyl groups excluding tert-OH is 1. The molecule has 0 spiro atoms. The van der Waals surface area contributed by atoms with Crippen molar-refractivity contribution in [2.75, 3.05) is 0 Å². The molecule has 0 amide bonds. The molecule has 0 aromatic rings. The van der Waals surface area contributed by atoms with E-state index in [1.165, 1.54) is 32.1 Å². The predicted octanol–water partition coefficient (Wildman–Crippen LogP) is 3.36. The van der Waals surface area contributed by atoms with Crippen LogP contribution in [0.15, 0.2) is 0 Å². The van der Waals surface area contributed by atoms with Gasteiger partial charge in [0.25, 0.3) is 0 Å². The molecule has 0 aromatic heterocycles. The van der Waals surface area contributed by atoms with Gasteiger partial charge in [-0.3, -0.25) is 0 Å². The number of hydrogen-bond donors (Lipinski definition) is 1. The summed E-state index contributed by atoms with van der Waals surface area (Å²) in [6.45, 7) is 8.66. The van der Waals surface area contributed by atoms with E-state index < -0.39 is 0 Å². The Bertz CT molecular complexity index is 160. The smallest absolute Gasteiger partial charge is 0.0641 e. The molecule has 1 nitrogen and oxygen atoms in total. The zero-order chi connectivity index (χ0) is 10.1. The minimum atomic E-state index is -0.153. The Morgan fingerprint density at radius 3 is 1.92 bits per heavy atom. The van der Waals surface area contributed by atoms with Gasteiger partial charge < -0.3 is 5.11 Å². The monoisotopic (exact) mass is 184 g/mol. The summed E-state index contributed by atoms with van der Waals surface area (Å²) >= 11 is 0. The van der Waals surface area contributed by atoms with E-state index >= 15 is 0 Å². The maximum absolute atomic E-state index is 10.3. The van der Waals surface area contributed by atoms with Gasteiger partial charge in [-0.05, 0) is 23.7 Å². The standard InChI is InChI=1S/C12H24O/c1-11(2,3)10(13)12(4)8-6-5-7-9-12/h10,13H,5-9H2,1-4H3. The van der Waals surface area contributed by atoms with Crippen LogP contribution in [0.2, 0.25) is 0 Å². The summed E-state index contributed by atoms with van der Waals surface area (Å²) in [6.07, 6.45) is 6.19. The van der Waals surface area contributed by atoms with E-state index in [0.717, 1.165) is 0 Å². The van der Waals surface area contributed by atoms with E-state index in [2.05, 4.69) is 27.7 Å². The summed E-state index contributed by atoms with van der Waals surface area (Å²) in [4.78, 5) is 0. The van der Waals surface area contributed by atoms with Gasteiger partial charge in [-0.2, -0.15) is 0 Å². The highest BCUT2D eigenvalue weighted by atomic mass is 16.3. The lowest BCUT2D eigenvalue weighted by atomic mass is 9.65. The molecule has 13 heavy (non-hydrogen) atoms.